The van der Waals surface area contributed by atoms with E-state index >= 15 is 0 Å². The maximum atomic E-state index is 12.9. The number of amides is 1. The van der Waals surface area contributed by atoms with Gasteiger partial charge in [0.25, 0.3) is 5.91 Å². The van der Waals surface area contributed by atoms with Crippen LogP contribution in [-0.2, 0) is 16.4 Å². The summed E-state index contributed by atoms with van der Waals surface area (Å²) in [6, 6.07) is 5.35. The number of sulfonamides is 1. The van der Waals surface area contributed by atoms with E-state index in [2.05, 4.69) is 0 Å². The lowest BCUT2D eigenvalue weighted by Gasteiger charge is -2.38. The van der Waals surface area contributed by atoms with E-state index in [-0.39, 0.29) is 18.0 Å². The number of carbonyl (C=O) groups excluding carboxylic acids is 1. The number of anilines is 1. The molecule has 2 aliphatic rings. The molecule has 3 rings (SSSR count). The van der Waals surface area contributed by atoms with Gasteiger partial charge in [0.2, 0.25) is 10.0 Å². The molecule has 0 aliphatic carbocycles. The standard InChI is InChI=1S/C17H25N3O3S/c1-12(18)15-5-3-4-9-19(15)17(21)14-6-7-16-13(11-14)8-10-20(16)24(2,22)23/h6-7,11-12,15H,3-5,8-10,18H2,1-2H3. The molecule has 2 heterocycles. The van der Waals surface area contributed by atoms with Gasteiger partial charge in [0, 0.05) is 30.7 Å². The van der Waals surface area contributed by atoms with Gasteiger partial charge in [0.05, 0.1) is 11.9 Å². The fourth-order valence-corrected chi connectivity index (χ4v) is 4.73. The van der Waals surface area contributed by atoms with Crippen molar-refractivity contribution in [3.05, 3.63) is 29.3 Å². The van der Waals surface area contributed by atoms with Crippen molar-refractivity contribution in [3.63, 3.8) is 0 Å². The Morgan fingerprint density at radius 2 is 2.04 bits per heavy atom. The lowest BCUT2D eigenvalue weighted by molar-refractivity contribution is 0.0583. The first-order valence-corrected chi connectivity index (χ1v) is 10.3. The van der Waals surface area contributed by atoms with Crippen molar-refractivity contribution in [2.45, 2.75) is 44.7 Å². The first kappa shape index (κ1) is 17.2. The largest absolute Gasteiger partial charge is 0.334 e. The summed E-state index contributed by atoms with van der Waals surface area (Å²) in [4.78, 5) is 14.8. The molecule has 132 valence electrons. The molecule has 1 aromatic rings. The normalized spacial score (nSPS) is 22.4. The first-order chi connectivity index (χ1) is 11.3. The molecule has 2 N–H and O–H groups in total. The smallest absolute Gasteiger partial charge is 0.254 e. The summed E-state index contributed by atoms with van der Waals surface area (Å²) in [6.45, 7) is 3.12. The van der Waals surface area contributed by atoms with Crippen molar-refractivity contribution >= 4 is 21.6 Å². The summed E-state index contributed by atoms with van der Waals surface area (Å²) in [5.74, 6) is -0.00222. The van der Waals surface area contributed by atoms with Crippen molar-refractivity contribution in [2.75, 3.05) is 23.7 Å². The highest BCUT2D eigenvalue weighted by atomic mass is 32.2. The third-order valence-corrected chi connectivity index (χ3v) is 6.18. The minimum atomic E-state index is -3.27. The average Bonchev–Trinajstić information content (AvgIpc) is 2.97. The van der Waals surface area contributed by atoms with Crippen LogP contribution in [0.25, 0.3) is 0 Å². The zero-order valence-electron chi connectivity index (χ0n) is 14.2. The van der Waals surface area contributed by atoms with E-state index in [1.807, 2.05) is 17.9 Å². The fraction of sp³-hybridized carbons (Fsp3) is 0.588. The van der Waals surface area contributed by atoms with Crippen LogP contribution in [0.3, 0.4) is 0 Å². The Morgan fingerprint density at radius 3 is 2.71 bits per heavy atom. The number of hydrogen-bond acceptors (Lipinski definition) is 4. The predicted octanol–water partition coefficient (Wildman–Crippen LogP) is 1.35. The third-order valence-electron chi connectivity index (χ3n) is 5.00. The van der Waals surface area contributed by atoms with Gasteiger partial charge >= 0.3 is 0 Å². The van der Waals surface area contributed by atoms with E-state index in [4.69, 9.17) is 5.73 Å². The number of likely N-dealkylation sites (tertiary alicyclic amines) is 1. The topological polar surface area (TPSA) is 83.7 Å². The van der Waals surface area contributed by atoms with E-state index in [9.17, 15) is 13.2 Å². The minimum Gasteiger partial charge on any atom is -0.334 e. The van der Waals surface area contributed by atoms with Gasteiger partial charge in [-0.15, -0.1) is 0 Å². The summed E-state index contributed by atoms with van der Waals surface area (Å²) in [5.41, 5.74) is 8.29. The molecule has 0 radical (unpaired) electrons. The highest BCUT2D eigenvalue weighted by Gasteiger charge is 2.31. The number of hydrogen-bond donors (Lipinski definition) is 1. The Bertz CT molecular complexity index is 745. The van der Waals surface area contributed by atoms with Crippen molar-refractivity contribution < 1.29 is 13.2 Å². The van der Waals surface area contributed by atoms with Gasteiger partial charge in [0.15, 0.2) is 0 Å². The maximum absolute atomic E-state index is 12.9. The molecule has 0 spiro atoms. The van der Waals surface area contributed by atoms with Crippen molar-refractivity contribution in [2.24, 2.45) is 5.73 Å². The Balaban J connectivity index is 1.87. The molecule has 6 nitrogen and oxygen atoms in total. The number of piperidine rings is 1. The summed E-state index contributed by atoms with van der Waals surface area (Å²) in [6.07, 6.45) is 4.89. The predicted molar refractivity (Wildman–Crippen MR) is 94.7 cm³/mol. The lowest BCUT2D eigenvalue weighted by Crippen LogP contribution is -2.51. The number of nitrogens with two attached hydrogens (primary N) is 1. The Kier molecular flexibility index (Phi) is 4.57. The second-order valence-corrected chi connectivity index (χ2v) is 8.76. The molecule has 0 bridgehead atoms. The molecular weight excluding hydrogens is 326 g/mol. The molecule has 1 saturated heterocycles. The molecule has 2 aliphatic heterocycles. The highest BCUT2D eigenvalue weighted by Crippen LogP contribution is 2.31. The summed E-state index contributed by atoms with van der Waals surface area (Å²) < 4.78 is 25.0. The van der Waals surface area contributed by atoms with Crippen molar-refractivity contribution in [1.29, 1.82) is 0 Å². The quantitative estimate of drug-likeness (QED) is 0.891. The summed E-state index contributed by atoms with van der Waals surface area (Å²) in [5, 5.41) is 0. The monoisotopic (exact) mass is 351 g/mol. The van der Waals surface area contributed by atoms with Crippen LogP contribution < -0.4 is 10.0 Å². The van der Waals surface area contributed by atoms with Gasteiger partial charge in [0.1, 0.15) is 0 Å². The number of benzene rings is 1. The molecule has 1 amide bonds. The first-order valence-electron chi connectivity index (χ1n) is 8.46. The molecule has 0 saturated carbocycles. The molecule has 0 aromatic heterocycles. The lowest BCUT2D eigenvalue weighted by atomic mass is 9.95. The Labute approximate surface area is 143 Å². The van der Waals surface area contributed by atoms with E-state index in [1.54, 1.807) is 12.1 Å². The molecule has 1 fully saturated rings. The van der Waals surface area contributed by atoms with Crippen LogP contribution in [-0.4, -0.2) is 50.7 Å². The van der Waals surface area contributed by atoms with Gasteiger partial charge in [-0.25, -0.2) is 8.42 Å². The minimum absolute atomic E-state index is 0.00222. The van der Waals surface area contributed by atoms with Crippen LogP contribution in [0.5, 0.6) is 0 Å². The fourth-order valence-electron chi connectivity index (χ4n) is 3.77. The average molecular weight is 351 g/mol. The van der Waals surface area contributed by atoms with Gasteiger partial charge < -0.3 is 10.6 Å². The van der Waals surface area contributed by atoms with E-state index in [0.717, 1.165) is 31.4 Å². The van der Waals surface area contributed by atoms with Crippen LogP contribution in [0.2, 0.25) is 0 Å². The Hall–Kier alpha value is -1.60. The van der Waals surface area contributed by atoms with Crippen LogP contribution in [0.4, 0.5) is 5.69 Å². The van der Waals surface area contributed by atoms with E-state index < -0.39 is 10.0 Å². The van der Waals surface area contributed by atoms with Gasteiger partial charge in [-0.2, -0.15) is 0 Å². The zero-order valence-corrected chi connectivity index (χ0v) is 15.1. The number of carbonyl (C=O) groups is 1. The van der Waals surface area contributed by atoms with Crippen LogP contribution in [0.1, 0.15) is 42.1 Å². The molecular formula is C17H25N3O3S. The third kappa shape index (κ3) is 3.15. The molecule has 2 unspecified atom stereocenters. The van der Waals surface area contributed by atoms with Crippen molar-refractivity contribution in [3.8, 4) is 0 Å². The van der Waals surface area contributed by atoms with Crippen LogP contribution in [0.15, 0.2) is 18.2 Å². The summed E-state index contributed by atoms with van der Waals surface area (Å²) in [7, 11) is -3.27. The molecule has 1 aromatic carbocycles. The van der Waals surface area contributed by atoms with Crippen molar-refractivity contribution in [1.82, 2.24) is 4.90 Å². The number of fused-ring (bicyclic) bond motifs is 1. The second kappa shape index (κ2) is 6.37. The number of nitrogens with zero attached hydrogens (tertiary/aromatic N) is 2. The van der Waals surface area contributed by atoms with E-state index in [0.29, 0.717) is 24.2 Å². The molecule has 24 heavy (non-hydrogen) atoms. The molecule has 2 atom stereocenters. The zero-order chi connectivity index (χ0) is 17.5. The van der Waals surface area contributed by atoms with Gasteiger partial charge in [-0.3, -0.25) is 9.10 Å². The van der Waals surface area contributed by atoms with Gasteiger partial charge in [-0.1, -0.05) is 0 Å². The van der Waals surface area contributed by atoms with Gasteiger partial charge in [-0.05, 0) is 56.4 Å². The maximum Gasteiger partial charge on any atom is 0.254 e. The highest BCUT2D eigenvalue weighted by molar-refractivity contribution is 7.92. The number of rotatable bonds is 3. The molecule has 7 heteroatoms. The SMILES string of the molecule is CC(N)C1CCCCN1C(=O)c1ccc2c(c1)CCN2S(C)(=O)=O. The Morgan fingerprint density at radius 1 is 1.29 bits per heavy atom. The van der Waals surface area contributed by atoms with Crippen LogP contribution in [0, 0.1) is 0 Å². The summed E-state index contributed by atoms with van der Waals surface area (Å²) >= 11 is 0. The van der Waals surface area contributed by atoms with Crippen LogP contribution >= 0.6 is 0 Å². The van der Waals surface area contributed by atoms with E-state index in [1.165, 1.54) is 10.6 Å². The second-order valence-electron chi connectivity index (χ2n) is 6.85.